The highest BCUT2D eigenvalue weighted by atomic mass is 32.2. The molecule has 0 unspecified atom stereocenters. The molecule has 3 amide bonds. The maximum atomic E-state index is 15.4. The lowest BCUT2D eigenvalue weighted by molar-refractivity contribution is -0.164. The number of rotatable bonds is 8. The van der Waals surface area contributed by atoms with Crippen molar-refractivity contribution in [2.24, 2.45) is 0 Å². The van der Waals surface area contributed by atoms with Crippen LogP contribution in [-0.2, 0) is 28.6 Å². The molecule has 288 valence electrons. The maximum absolute atomic E-state index is 15.4. The number of hydrogen-bond donors (Lipinski definition) is 1. The number of amides is 3. The van der Waals surface area contributed by atoms with Crippen LogP contribution in [0.4, 0.5) is 19.7 Å². The monoisotopic (exact) mass is 771 g/mol. The molecule has 3 aliphatic rings. The third kappa shape index (κ3) is 9.02. The van der Waals surface area contributed by atoms with Crippen LogP contribution in [0.25, 0.3) is 0 Å². The number of nitrogens with one attached hydrogen (secondary N) is 1. The van der Waals surface area contributed by atoms with Crippen molar-refractivity contribution in [3.63, 3.8) is 0 Å². The molecule has 1 N–H and O–H groups in total. The Morgan fingerprint density at radius 2 is 1.51 bits per heavy atom. The summed E-state index contributed by atoms with van der Waals surface area (Å²) < 4.78 is 37.2. The van der Waals surface area contributed by atoms with Crippen LogP contribution in [0.2, 0.25) is 0 Å². The number of anilines is 1. The predicted molar refractivity (Wildman–Crippen MR) is 202 cm³/mol. The van der Waals surface area contributed by atoms with E-state index in [9.17, 15) is 24.0 Å². The minimum absolute atomic E-state index is 0.0319. The van der Waals surface area contributed by atoms with Gasteiger partial charge in [0.2, 0.25) is 5.91 Å². The molecule has 3 aromatic carbocycles. The van der Waals surface area contributed by atoms with E-state index in [1.165, 1.54) is 39.8 Å². The summed E-state index contributed by atoms with van der Waals surface area (Å²) in [5, 5.41) is 3.63. The van der Waals surface area contributed by atoms with Crippen molar-refractivity contribution in [3.05, 3.63) is 118 Å². The molecule has 0 radical (unpaired) electrons. The van der Waals surface area contributed by atoms with Crippen molar-refractivity contribution in [1.82, 2.24) is 10.2 Å². The average Bonchev–Trinajstić information content (AvgIpc) is 3.47. The number of fused-ring (bicyclic) bond motifs is 1. The maximum Gasteiger partial charge on any atom is 0.514 e. The molecule has 3 heterocycles. The van der Waals surface area contributed by atoms with Crippen molar-refractivity contribution in [3.8, 4) is 5.75 Å². The van der Waals surface area contributed by atoms with Gasteiger partial charge in [-0.25, -0.2) is 18.8 Å². The molecule has 55 heavy (non-hydrogen) atoms. The van der Waals surface area contributed by atoms with Gasteiger partial charge in [-0.2, -0.15) is 0 Å². The van der Waals surface area contributed by atoms with Gasteiger partial charge in [0, 0.05) is 18.2 Å². The second-order valence-electron chi connectivity index (χ2n) is 15.1. The van der Waals surface area contributed by atoms with Crippen LogP contribution in [0.3, 0.4) is 0 Å². The molecule has 0 aromatic heterocycles. The lowest BCUT2D eigenvalue weighted by Gasteiger charge is -2.51. The summed E-state index contributed by atoms with van der Waals surface area (Å²) in [4.78, 5) is 69.3. The molecule has 0 aliphatic carbocycles. The molecule has 0 spiro atoms. The highest BCUT2D eigenvalue weighted by Gasteiger charge is 2.56. The zero-order valence-electron chi connectivity index (χ0n) is 31.2. The SMILES string of the molecule is CC(C)(C)OC(=O)N[C@@H]1C(=O)N2[C@@H](C(=O)OC(c3ccccc3)c3ccccc3)C(/C=C3\CCN(c4ccc(OC(=O)OC(C)(C)C)cc4F)C3=O)=CS[C@H]12. The Balaban J connectivity index is 1.27. The summed E-state index contributed by atoms with van der Waals surface area (Å²) in [5.41, 5.74) is 0.368. The van der Waals surface area contributed by atoms with Gasteiger partial charge in [-0.15, -0.1) is 11.8 Å². The minimum Gasteiger partial charge on any atom is -0.451 e. The van der Waals surface area contributed by atoms with Gasteiger partial charge in [-0.05, 0) is 88.3 Å². The summed E-state index contributed by atoms with van der Waals surface area (Å²) in [6.45, 7) is 10.2. The number of benzene rings is 3. The highest BCUT2D eigenvalue weighted by Crippen LogP contribution is 2.43. The lowest BCUT2D eigenvalue weighted by Crippen LogP contribution is -2.74. The summed E-state index contributed by atoms with van der Waals surface area (Å²) in [6.07, 6.45) is -0.851. The van der Waals surface area contributed by atoms with Gasteiger partial charge in [0.1, 0.15) is 28.4 Å². The number of alkyl carbamates (subject to hydrolysis) is 1. The van der Waals surface area contributed by atoms with E-state index in [1.54, 1.807) is 47.0 Å². The zero-order valence-corrected chi connectivity index (χ0v) is 32.1. The van der Waals surface area contributed by atoms with E-state index < -0.39 is 70.6 Å². The van der Waals surface area contributed by atoms with Crippen LogP contribution in [0.1, 0.15) is 65.2 Å². The fraction of sp³-hybridized carbons (Fsp3) is 0.341. The van der Waals surface area contributed by atoms with E-state index in [-0.39, 0.29) is 30.0 Å². The standard InChI is InChI=1S/C41H42FN3O9S/c1-40(2,3)53-38(49)43-31-35(47)45-32(37(48)52-33(24-13-9-7-10-14-24)25-15-11-8-12-16-25)27(23-55-36(31)45)21-26-19-20-44(34(26)46)30-18-17-28(22-29(30)42)51-39(50)54-41(4,5)6/h7-18,21-23,31-33,36H,19-20H2,1-6H3,(H,43,49)/b26-21+/t31-,32-,36-/m1/s1. The number of carbonyl (C=O) groups is 5. The molecule has 2 fully saturated rings. The van der Waals surface area contributed by atoms with Crippen LogP contribution < -0.4 is 15.0 Å². The fourth-order valence-electron chi connectivity index (χ4n) is 6.29. The fourth-order valence-corrected chi connectivity index (χ4v) is 7.48. The normalized spacial score (nSPS) is 20.4. The zero-order chi connectivity index (χ0) is 39.7. The van der Waals surface area contributed by atoms with Gasteiger partial charge in [0.25, 0.3) is 5.91 Å². The summed E-state index contributed by atoms with van der Waals surface area (Å²) in [6, 6.07) is 19.8. The third-order valence-corrected chi connectivity index (χ3v) is 9.80. The van der Waals surface area contributed by atoms with Crippen molar-refractivity contribution < 1.29 is 47.3 Å². The Bertz CT molecular complexity index is 2000. The number of esters is 1. The van der Waals surface area contributed by atoms with Crippen LogP contribution in [0, 0.1) is 5.82 Å². The van der Waals surface area contributed by atoms with E-state index in [0.29, 0.717) is 16.7 Å². The molecule has 14 heteroatoms. The third-order valence-electron chi connectivity index (χ3n) is 8.62. The summed E-state index contributed by atoms with van der Waals surface area (Å²) >= 11 is 1.20. The van der Waals surface area contributed by atoms with Crippen LogP contribution >= 0.6 is 11.8 Å². The average molecular weight is 772 g/mol. The lowest BCUT2D eigenvalue weighted by atomic mass is 9.95. The minimum atomic E-state index is -1.28. The number of β-lactam (4-membered cyclic amide) rings is 1. The van der Waals surface area contributed by atoms with E-state index in [2.05, 4.69) is 5.32 Å². The van der Waals surface area contributed by atoms with Crippen LogP contribution in [-0.4, -0.2) is 70.1 Å². The quantitative estimate of drug-likeness (QED) is 0.0823. The van der Waals surface area contributed by atoms with Crippen molar-refractivity contribution >= 4 is 47.5 Å². The van der Waals surface area contributed by atoms with Gasteiger partial charge in [0.05, 0.1) is 5.69 Å². The van der Waals surface area contributed by atoms with Gasteiger partial charge in [-0.1, -0.05) is 60.7 Å². The summed E-state index contributed by atoms with van der Waals surface area (Å²) in [5.74, 6) is -2.67. The molecule has 3 aromatic rings. The van der Waals surface area contributed by atoms with Crippen LogP contribution in [0.15, 0.2) is 101 Å². The first-order valence-corrected chi connectivity index (χ1v) is 18.6. The first-order valence-electron chi connectivity index (χ1n) is 17.7. The first-order chi connectivity index (χ1) is 26.0. The van der Waals surface area contributed by atoms with E-state index in [4.69, 9.17) is 18.9 Å². The summed E-state index contributed by atoms with van der Waals surface area (Å²) in [7, 11) is 0. The molecular weight excluding hydrogens is 730 g/mol. The molecule has 0 saturated carbocycles. The smallest absolute Gasteiger partial charge is 0.451 e. The van der Waals surface area contributed by atoms with E-state index >= 15 is 4.39 Å². The van der Waals surface area contributed by atoms with Gasteiger partial charge in [0.15, 0.2) is 18.0 Å². The Morgan fingerprint density at radius 3 is 2.09 bits per heavy atom. The van der Waals surface area contributed by atoms with Gasteiger partial charge in [-0.3, -0.25) is 9.59 Å². The number of hydrogen-bond acceptors (Lipinski definition) is 10. The van der Waals surface area contributed by atoms with E-state index in [0.717, 1.165) is 6.07 Å². The van der Waals surface area contributed by atoms with Crippen molar-refractivity contribution in [2.75, 3.05) is 11.4 Å². The molecular formula is C41H42FN3O9S. The molecule has 0 bridgehead atoms. The first kappa shape index (κ1) is 39.1. The van der Waals surface area contributed by atoms with Gasteiger partial charge >= 0.3 is 18.2 Å². The van der Waals surface area contributed by atoms with Crippen molar-refractivity contribution in [2.45, 2.75) is 82.7 Å². The van der Waals surface area contributed by atoms with Crippen LogP contribution in [0.5, 0.6) is 5.75 Å². The molecule has 3 aliphatic heterocycles. The number of halogens is 1. The van der Waals surface area contributed by atoms with Gasteiger partial charge < -0.3 is 34.1 Å². The second kappa shape index (κ2) is 15.6. The Hall–Kier alpha value is -5.63. The molecule has 2 saturated heterocycles. The molecule has 3 atom stereocenters. The number of ether oxygens (including phenoxy) is 4. The number of nitrogens with zero attached hydrogens (tertiary/aromatic N) is 2. The number of thioether (sulfide) groups is 1. The Labute approximate surface area is 322 Å². The molecule has 6 rings (SSSR count). The number of carbonyl (C=O) groups excluding carboxylic acids is 5. The Kier molecular flexibility index (Phi) is 11.1. The van der Waals surface area contributed by atoms with Crippen molar-refractivity contribution in [1.29, 1.82) is 0 Å². The Morgan fingerprint density at radius 1 is 0.891 bits per heavy atom. The van der Waals surface area contributed by atoms with E-state index in [1.807, 2.05) is 60.7 Å². The molecule has 12 nitrogen and oxygen atoms in total. The largest absolute Gasteiger partial charge is 0.514 e. The highest BCUT2D eigenvalue weighted by molar-refractivity contribution is 8.03. The second-order valence-corrected chi connectivity index (χ2v) is 16.1. The topological polar surface area (TPSA) is 141 Å². The predicted octanol–water partition coefficient (Wildman–Crippen LogP) is 7.20.